The molecule has 0 aromatic heterocycles. The molecule has 190 valence electrons. The van der Waals surface area contributed by atoms with Crippen molar-refractivity contribution in [2.45, 2.75) is 33.6 Å². The van der Waals surface area contributed by atoms with E-state index >= 15 is 0 Å². The first kappa shape index (κ1) is 23.7. The van der Waals surface area contributed by atoms with Gasteiger partial charge in [0.1, 0.15) is 10.8 Å². The van der Waals surface area contributed by atoms with Gasteiger partial charge in [-0.15, -0.1) is 0 Å². The third-order valence-electron chi connectivity index (χ3n) is 8.08. The highest BCUT2D eigenvalue weighted by atomic mass is 16.6. The number of aryl methyl sites for hydroxylation is 2. The SMILES string of the molecule is CC1=NN(c2ccc(C)cc2)C(=O)[C@@]12C(c1cccc([N+](=O)[O-])c1)[C@]21C(=O)N(c2ccc(C)cc2)N=C1C. The van der Waals surface area contributed by atoms with Gasteiger partial charge in [-0.3, -0.25) is 19.7 Å². The fraction of sp³-hybridized carbons (Fsp3) is 0.241. The second-order valence-electron chi connectivity index (χ2n) is 10.2. The van der Waals surface area contributed by atoms with Crippen molar-refractivity contribution in [3.05, 3.63) is 99.6 Å². The molecule has 3 aliphatic rings. The summed E-state index contributed by atoms with van der Waals surface area (Å²) in [4.78, 5) is 39.9. The number of non-ortho nitro benzene ring substituents is 1. The molecule has 3 atom stereocenters. The van der Waals surface area contributed by atoms with Crippen LogP contribution in [0.4, 0.5) is 17.1 Å². The zero-order chi connectivity index (χ0) is 27.0. The van der Waals surface area contributed by atoms with Crippen LogP contribution in [-0.2, 0) is 9.59 Å². The Kier molecular flexibility index (Phi) is 4.94. The number of hydrazone groups is 2. The van der Waals surface area contributed by atoms with Gasteiger partial charge in [-0.05, 0) is 57.5 Å². The van der Waals surface area contributed by atoms with Crippen LogP contribution in [0.25, 0.3) is 0 Å². The molecular formula is C29H25N5O4. The van der Waals surface area contributed by atoms with E-state index in [9.17, 15) is 19.7 Å². The first-order valence-electron chi connectivity index (χ1n) is 12.3. The van der Waals surface area contributed by atoms with Gasteiger partial charge in [0.2, 0.25) is 0 Å². The van der Waals surface area contributed by atoms with E-state index in [0.717, 1.165) is 11.1 Å². The van der Waals surface area contributed by atoms with Gasteiger partial charge >= 0.3 is 0 Å². The van der Waals surface area contributed by atoms with Gasteiger partial charge in [0.15, 0.2) is 0 Å². The molecule has 6 rings (SSSR count). The molecule has 1 aliphatic carbocycles. The lowest BCUT2D eigenvalue weighted by Crippen LogP contribution is -2.40. The summed E-state index contributed by atoms with van der Waals surface area (Å²) in [6, 6.07) is 21.0. The summed E-state index contributed by atoms with van der Waals surface area (Å²) < 4.78 is 0. The van der Waals surface area contributed by atoms with E-state index < -0.39 is 21.7 Å². The number of nitrogens with zero attached hydrogens (tertiary/aromatic N) is 5. The molecule has 0 bridgehead atoms. The Balaban J connectivity index is 1.53. The van der Waals surface area contributed by atoms with Gasteiger partial charge in [0, 0.05) is 18.1 Å². The van der Waals surface area contributed by atoms with E-state index in [1.165, 1.54) is 22.2 Å². The Morgan fingerprint density at radius 2 is 1.18 bits per heavy atom. The molecule has 2 aliphatic heterocycles. The quantitative estimate of drug-likeness (QED) is 0.360. The summed E-state index contributed by atoms with van der Waals surface area (Å²) in [5.74, 6) is -1.39. The number of nitro benzene ring substituents is 1. The predicted molar refractivity (Wildman–Crippen MR) is 144 cm³/mol. The molecule has 2 amide bonds. The molecule has 0 saturated heterocycles. The van der Waals surface area contributed by atoms with Crippen molar-refractivity contribution in [2.75, 3.05) is 10.0 Å². The van der Waals surface area contributed by atoms with Crippen LogP contribution in [0.1, 0.15) is 36.5 Å². The first-order valence-corrected chi connectivity index (χ1v) is 12.3. The van der Waals surface area contributed by atoms with E-state index in [2.05, 4.69) is 10.2 Å². The molecule has 1 saturated carbocycles. The number of anilines is 2. The number of carbonyl (C=O) groups is 2. The maximum atomic E-state index is 14.4. The minimum atomic E-state index is -1.35. The van der Waals surface area contributed by atoms with Crippen molar-refractivity contribution in [2.24, 2.45) is 21.0 Å². The number of fused-ring (bicyclic) bond motifs is 1. The summed E-state index contributed by atoms with van der Waals surface area (Å²) in [6.07, 6.45) is 0. The number of rotatable bonds is 4. The van der Waals surface area contributed by atoms with E-state index in [1.54, 1.807) is 26.0 Å². The third-order valence-corrected chi connectivity index (χ3v) is 8.08. The zero-order valence-corrected chi connectivity index (χ0v) is 21.4. The Bertz CT molecular complexity index is 1500. The van der Waals surface area contributed by atoms with Crippen LogP contribution in [0.5, 0.6) is 0 Å². The van der Waals surface area contributed by atoms with Crippen LogP contribution in [0.2, 0.25) is 0 Å². The number of amides is 2. The van der Waals surface area contributed by atoms with E-state index in [4.69, 9.17) is 0 Å². The van der Waals surface area contributed by atoms with Crippen molar-refractivity contribution >= 4 is 40.3 Å². The van der Waals surface area contributed by atoms with Crippen LogP contribution in [-0.4, -0.2) is 28.2 Å². The normalized spacial score (nSPS) is 25.8. The number of carbonyl (C=O) groups excluding carboxylic acids is 2. The van der Waals surface area contributed by atoms with Gasteiger partial charge in [-0.1, -0.05) is 47.5 Å². The van der Waals surface area contributed by atoms with Crippen LogP contribution in [0.15, 0.2) is 83.0 Å². The Hall–Kier alpha value is -4.66. The molecule has 2 spiro atoms. The third kappa shape index (κ3) is 2.87. The molecule has 3 aromatic carbocycles. The highest BCUT2D eigenvalue weighted by Gasteiger charge is 2.91. The fourth-order valence-electron chi connectivity index (χ4n) is 6.28. The largest absolute Gasteiger partial charge is 0.271 e. The highest BCUT2D eigenvalue weighted by molar-refractivity contribution is 6.37. The Labute approximate surface area is 219 Å². The van der Waals surface area contributed by atoms with Crippen LogP contribution >= 0.6 is 0 Å². The second-order valence-corrected chi connectivity index (χ2v) is 10.2. The first-order chi connectivity index (χ1) is 18.1. The minimum Gasteiger partial charge on any atom is -0.271 e. The van der Waals surface area contributed by atoms with E-state index in [-0.39, 0.29) is 17.5 Å². The van der Waals surface area contributed by atoms with Gasteiger partial charge in [0.25, 0.3) is 17.5 Å². The maximum absolute atomic E-state index is 14.4. The van der Waals surface area contributed by atoms with Crippen molar-refractivity contribution in [1.82, 2.24) is 0 Å². The molecule has 9 nitrogen and oxygen atoms in total. The molecular weight excluding hydrogens is 482 g/mol. The topological polar surface area (TPSA) is 108 Å². The van der Waals surface area contributed by atoms with Gasteiger partial charge in [-0.25, -0.2) is 0 Å². The summed E-state index contributed by atoms with van der Waals surface area (Å²) in [5.41, 5.74) is 1.94. The van der Waals surface area contributed by atoms with Crippen LogP contribution in [0, 0.1) is 34.8 Å². The standard InChI is InChI=1S/C29H25N5O4/c1-17-8-12-22(13-9-17)32-26(35)28(19(3)30-32)25(21-6-5-7-24(16-21)34(37)38)29(28)20(4)31-33(27(29)36)23-14-10-18(2)11-15-23/h5-16,25H,1-4H3/t25?,28-,29+. The summed E-state index contributed by atoms with van der Waals surface area (Å²) >= 11 is 0. The molecule has 1 unspecified atom stereocenters. The number of hydrogen-bond acceptors (Lipinski definition) is 6. The highest BCUT2D eigenvalue weighted by Crippen LogP contribution is 2.79. The maximum Gasteiger partial charge on any atom is 0.269 e. The van der Waals surface area contributed by atoms with E-state index in [0.29, 0.717) is 28.4 Å². The van der Waals surface area contributed by atoms with Gasteiger partial charge in [0.05, 0.1) is 27.7 Å². The van der Waals surface area contributed by atoms with E-state index in [1.807, 2.05) is 62.4 Å². The molecule has 38 heavy (non-hydrogen) atoms. The lowest BCUT2D eigenvalue weighted by molar-refractivity contribution is -0.384. The predicted octanol–water partition coefficient (Wildman–Crippen LogP) is 5.13. The number of benzene rings is 3. The molecule has 1 fully saturated rings. The Morgan fingerprint density at radius 1 is 0.737 bits per heavy atom. The second kappa shape index (κ2) is 7.92. The summed E-state index contributed by atoms with van der Waals surface area (Å²) in [5, 5.41) is 23.6. The molecule has 0 radical (unpaired) electrons. The van der Waals surface area contributed by atoms with Gasteiger partial charge in [-0.2, -0.15) is 20.2 Å². The fourth-order valence-corrected chi connectivity index (χ4v) is 6.28. The zero-order valence-electron chi connectivity index (χ0n) is 21.4. The van der Waals surface area contributed by atoms with Crippen molar-refractivity contribution in [3.8, 4) is 0 Å². The van der Waals surface area contributed by atoms with Crippen molar-refractivity contribution in [1.29, 1.82) is 0 Å². The summed E-state index contributed by atoms with van der Waals surface area (Å²) in [7, 11) is 0. The Morgan fingerprint density at radius 3 is 1.61 bits per heavy atom. The smallest absolute Gasteiger partial charge is 0.269 e. The lowest BCUT2D eigenvalue weighted by atomic mass is 9.85. The number of nitro groups is 1. The van der Waals surface area contributed by atoms with Gasteiger partial charge < -0.3 is 0 Å². The molecule has 0 N–H and O–H groups in total. The van der Waals surface area contributed by atoms with Crippen LogP contribution < -0.4 is 10.0 Å². The lowest BCUT2D eigenvalue weighted by Gasteiger charge is -2.19. The minimum absolute atomic E-state index is 0.106. The van der Waals surface area contributed by atoms with Crippen molar-refractivity contribution in [3.63, 3.8) is 0 Å². The average Bonchev–Trinajstić information content (AvgIpc) is 3.39. The monoisotopic (exact) mass is 507 g/mol. The van der Waals surface area contributed by atoms with Crippen molar-refractivity contribution < 1.29 is 14.5 Å². The molecule has 2 heterocycles. The molecule has 3 aromatic rings. The molecule has 9 heteroatoms. The summed E-state index contributed by atoms with van der Waals surface area (Å²) in [6.45, 7) is 7.41. The average molecular weight is 508 g/mol. The van der Waals surface area contributed by atoms with Crippen LogP contribution in [0.3, 0.4) is 0 Å². The number of hydrogen-bond donors (Lipinski definition) is 0.